The molecule has 1 aliphatic heterocycles. The van der Waals surface area contributed by atoms with Crippen LogP contribution in [0.1, 0.15) is 28.9 Å². The molecule has 1 fully saturated rings. The van der Waals surface area contributed by atoms with Crippen molar-refractivity contribution in [2.75, 3.05) is 13.1 Å². The van der Waals surface area contributed by atoms with Crippen LogP contribution in [0.15, 0.2) is 24.3 Å². The Morgan fingerprint density at radius 1 is 1.42 bits per heavy atom. The van der Waals surface area contributed by atoms with Crippen molar-refractivity contribution in [3.63, 3.8) is 0 Å². The Labute approximate surface area is 157 Å². The van der Waals surface area contributed by atoms with E-state index in [0.717, 1.165) is 6.42 Å². The van der Waals surface area contributed by atoms with E-state index in [1.807, 2.05) is 0 Å². The average Bonchev–Trinajstić information content (AvgIpc) is 3.09. The van der Waals surface area contributed by atoms with Crippen LogP contribution < -0.4 is 5.32 Å². The van der Waals surface area contributed by atoms with Crippen LogP contribution in [-0.4, -0.2) is 45.9 Å². The van der Waals surface area contributed by atoms with Crippen molar-refractivity contribution < 1.29 is 14.7 Å². The number of hydrogen-bond donors (Lipinski definition) is 2. The van der Waals surface area contributed by atoms with E-state index >= 15 is 0 Å². The number of aromatic nitrogens is 1. The summed E-state index contributed by atoms with van der Waals surface area (Å²) in [5.74, 6) is -1.04. The first-order valence-electron chi connectivity index (χ1n) is 8.08. The molecule has 2 N–H and O–H groups in total. The predicted molar refractivity (Wildman–Crippen MR) is 98.1 cm³/mol. The molecule has 2 aromatic rings. The van der Waals surface area contributed by atoms with Crippen LogP contribution in [0, 0.1) is 18.3 Å². The molecule has 0 saturated carbocycles. The fourth-order valence-corrected chi connectivity index (χ4v) is 3.10. The van der Waals surface area contributed by atoms with Crippen LogP contribution >= 0.6 is 12.4 Å². The van der Waals surface area contributed by atoms with Gasteiger partial charge in [0.05, 0.1) is 29.4 Å². The molecule has 26 heavy (non-hydrogen) atoms. The third kappa shape index (κ3) is 3.55. The van der Waals surface area contributed by atoms with Crippen LogP contribution in [0.25, 0.3) is 10.9 Å². The summed E-state index contributed by atoms with van der Waals surface area (Å²) in [6.45, 7) is 1.92. The smallest absolute Gasteiger partial charge is 0.256 e. The molecular formula is C18H19ClN4O3. The van der Waals surface area contributed by atoms with Crippen molar-refractivity contribution in [1.82, 2.24) is 15.2 Å². The molecule has 1 atom stereocenters. The summed E-state index contributed by atoms with van der Waals surface area (Å²) in [7, 11) is 0. The number of hydrogen-bond acceptors (Lipinski definition) is 5. The number of likely N-dealkylation sites (tertiary alicyclic amines) is 1. The first-order valence-corrected chi connectivity index (χ1v) is 8.08. The Morgan fingerprint density at radius 2 is 2.15 bits per heavy atom. The molecule has 0 spiro atoms. The highest BCUT2D eigenvalue weighted by Gasteiger charge is 2.29. The van der Waals surface area contributed by atoms with Gasteiger partial charge in [0.2, 0.25) is 5.91 Å². The number of rotatable bonds is 3. The molecule has 1 saturated heterocycles. The Balaban J connectivity index is 0.00000243. The van der Waals surface area contributed by atoms with E-state index in [9.17, 15) is 14.7 Å². The lowest BCUT2D eigenvalue weighted by molar-refractivity contribution is -0.130. The molecule has 3 rings (SSSR count). The van der Waals surface area contributed by atoms with Crippen molar-refractivity contribution >= 4 is 35.1 Å². The number of pyridine rings is 1. The summed E-state index contributed by atoms with van der Waals surface area (Å²) in [6, 6.07) is 8.67. The van der Waals surface area contributed by atoms with E-state index in [2.05, 4.69) is 16.4 Å². The van der Waals surface area contributed by atoms with Gasteiger partial charge in [0.1, 0.15) is 11.8 Å². The minimum Gasteiger partial charge on any atom is -0.505 e. The molecule has 2 amide bonds. The monoisotopic (exact) mass is 374 g/mol. The number of nitrogens with one attached hydrogen (secondary N) is 1. The van der Waals surface area contributed by atoms with Gasteiger partial charge in [-0.2, -0.15) is 5.26 Å². The molecular weight excluding hydrogens is 356 g/mol. The van der Waals surface area contributed by atoms with Gasteiger partial charge in [-0.25, -0.2) is 4.98 Å². The summed E-state index contributed by atoms with van der Waals surface area (Å²) in [5.41, 5.74) is 1.05. The molecule has 8 heteroatoms. The van der Waals surface area contributed by atoms with Gasteiger partial charge in [0.15, 0.2) is 0 Å². The SMILES string of the molecule is Cc1nc2ccccc2c(C(=O)NCC(=O)N2CCCC2C#N)c1O.Cl. The van der Waals surface area contributed by atoms with E-state index in [0.29, 0.717) is 29.6 Å². The molecule has 1 unspecified atom stereocenters. The van der Waals surface area contributed by atoms with Gasteiger partial charge in [-0.3, -0.25) is 9.59 Å². The molecule has 0 radical (unpaired) electrons. The number of amides is 2. The zero-order valence-corrected chi connectivity index (χ0v) is 15.0. The number of carbonyl (C=O) groups is 2. The maximum absolute atomic E-state index is 12.6. The second kappa shape index (κ2) is 8.02. The van der Waals surface area contributed by atoms with Gasteiger partial charge in [0.25, 0.3) is 5.91 Å². The topological polar surface area (TPSA) is 106 Å². The number of nitriles is 1. The lowest BCUT2D eigenvalue weighted by Crippen LogP contribution is -2.42. The minimum absolute atomic E-state index is 0. The summed E-state index contributed by atoms with van der Waals surface area (Å²) in [4.78, 5) is 30.6. The Kier molecular flexibility index (Phi) is 6.01. The van der Waals surface area contributed by atoms with Crippen LogP contribution in [0.3, 0.4) is 0 Å². The second-order valence-electron chi connectivity index (χ2n) is 5.99. The van der Waals surface area contributed by atoms with Gasteiger partial charge in [-0.1, -0.05) is 18.2 Å². The lowest BCUT2D eigenvalue weighted by atomic mass is 10.1. The molecule has 1 aromatic heterocycles. The number of nitrogens with zero attached hydrogens (tertiary/aromatic N) is 3. The number of para-hydroxylation sites is 1. The van der Waals surface area contributed by atoms with Gasteiger partial charge in [-0.05, 0) is 25.8 Å². The summed E-state index contributed by atoms with van der Waals surface area (Å²) in [6.07, 6.45) is 1.44. The maximum atomic E-state index is 12.6. The molecule has 7 nitrogen and oxygen atoms in total. The number of fused-ring (bicyclic) bond motifs is 1. The number of carbonyl (C=O) groups excluding carboxylic acids is 2. The zero-order chi connectivity index (χ0) is 18.0. The quantitative estimate of drug-likeness (QED) is 0.853. The van der Waals surface area contributed by atoms with Crippen molar-refractivity contribution in [1.29, 1.82) is 5.26 Å². The molecule has 2 heterocycles. The minimum atomic E-state index is -0.541. The first-order chi connectivity index (χ1) is 12.0. The van der Waals surface area contributed by atoms with Gasteiger partial charge in [0, 0.05) is 11.9 Å². The van der Waals surface area contributed by atoms with E-state index in [-0.39, 0.29) is 36.2 Å². The fraction of sp³-hybridized carbons (Fsp3) is 0.333. The normalized spacial score (nSPS) is 16.0. The summed E-state index contributed by atoms with van der Waals surface area (Å²) >= 11 is 0. The highest BCUT2D eigenvalue weighted by Crippen LogP contribution is 2.28. The third-order valence-corrected chi connectivity index (χ3v) is 4.39. The van der Waals surface area contributed by atoms with Gasteiger partial charge in [-0.15, -0.1) is 12.4 Å². The highest BCUT2D eigenvalue weighted by molar-refractivity contribution is 6.09. The van der Waals surface area contributed by atoms with Crippen LogP contribution in [0.2, 0.25) is 0 Å². The first kappa shape index (κ1) is 19.5. The van der Waals surface area contributed by atoms with Crippen LogP contribution in [-0.2, 0) is 4.79 Å². The lowest BCUT2D eigenvalue weighted by Gasteiger charge is -2.19. The molecule has 136 valence electrons. The Morgan fingerprint density at radius 3 is 2.88 bits per heavy atom. The van der Waals surface area contributed by atoms with Crippen molar-refractivity contribution in [2.45, 2.75) is 25.8 Å². The fourth-order valence-electron chi connectivity index (χ4n) is 3.10. The Hall–Kier alpha value is -2.85. The van der Waals surface area contributed by atoms with Crippen molar-refractivity contribution in [3.8, 4) is 11.8 Å². The van der Waals surface area contributed by atoms with Gasteiger partial charge >= 0.3 is 0 Å². The largest absolute Gasteiger partial charge is 0.505 e. The average molecular weight is 375 g/mol. The number of aromatic hydroxyl groups is 1. The van der Waals surface area contributed by atoms with Crippen LogP contribution in [0.4, 0.5) is 0 Å². The predicted octanol–water partition coefficient (Wildman–Crippen LogP) is 1.92. The maximum Gasteiger partial charge on any atom is 0.256 e. The summed E-state index contributed by atoms with van der Waals surface area (Å²) < 4.78 is 0. The zero-order valence-electron chi connectivity index (χ0n) is 14.2. The number of aryl methyl sites for hydroxylation is 1. The van der Waals surface area contributed by atoms with E-state index in [1.165, 1.54) is 4.90 Å². The van der Waals surface area contributed by atoms with Crippen molar-refractivity contribution in [2.24, 2.45) is 0 Å². The standard InChI is InChI=1S/C18H18N4O3.ClH/c1-11-17(24)16(13-6-2-3-7-14(13)21-11)18(25)20-10-15(23)22-8-4-5-12(22)9-19;/h2-3,6-7,12,24H,4-5,8,10H2,1H3,(H,20,25);1H. The number of halogens is 1. The van der Waals surface area contributed by atoms with Crippen molar-refractivity contribution in [3.05, 3.63) is 35.5 Å². The Bertz CT molecular complexity index is 894. The van der Waals surface area contributed by atoms with E-state index < -0.39 is 11.9 Å². The third-order valence-electron chi connectivity index (χ3n) is 4.39. The van der Waals surface area contributed by atoms with E-state index in [1.54, 1.807) is 31.2 Å². The van der Waals surface area contributed by atoms with Crippen LogP contribution in [0.5, 0.6) is 5.75 Å². The molecule has 0 bridgehead atoms. The molecule has 1 aromatic carbocycles. The molecule has 0 aliphatic carbocycles. The van der Waals surface area contributed by atoms with E-state index in [4.69, 9.17) is 5.26 Å². The highest BCUT2D eigenvalue weighted by atomic mass is 35.5. The van der Waals surface area contributed by atoms with Gasteiger partial charge < -0.3 is 15.3 Å². The second-order valence-corrected chi connectivity index (χ2v) is 5.99. The summed E-state index contributed by atoms with van der Waals surface area (Å²) in [5, 5.41) is 22.4. The molecule has 1 aliphatic rings. The number of benzene rings is 1.